The molecule has 6 nitrogen and oxygen atoms in total. The fraction of sp³-hybridized carbons (Fsp3) is 0.500. The van der Waals surface area contributed by atoms with Crippen molar-refractivity contribution in [3.63, 3.8) is 0 Å². The predicted octanol–water partition coefficient (Wildman–Crippen LogP) is 1.20. The number of ether oxygens (including phenoxy) is 2. The lowest BCUT2D eigenvalue weighted by atomic mass is 10.1. The predicted molar refractivity (Wildman–Crippen MR) is 82.9 cm³/mol. The zero-order valence-corrected chi connectivity index (χ0v) is 13.2. The third-order valence-corrected chi connectivity index (χ3v) is 3.67. The summed E-state index contributed by atoms with van der Waals surface area (Å²) in [6, 6.07) is 7.22. The molecule has 1 heterocycles. The molecule has 0 aromatic heterocycles. The van der Waals surface area contributed by atoms with Crippen molar-refractivity contribution in [2.24, 2.45) is 5.92 Å². The van der Waals surface area contributed by atoms with Crippen LogP contribution in [0.2, 0.25) is 0 Å². The molecular formula is C16H22N2O4. The van der Waals surface area contributed by atoms with Gasteiger partial charge in [0.2, 0.25) is 11.8 Å². The monoisotopic (exact) mass is 306 g/mol. The maximum atomic E-state index is 12.2. The number of benzene rings is 1. The molecule has 1 fully saturated rings. The molecule has 1 aliphatic heterocycles. The van der Waals surface area contributed by atoms with Crippen LogP contribution >= 0.6 is 0 Å². The summed E-state index contributed by atoms with van der Waals surface area (Å²) in [4.78, 5) is 26.0. The Labute approximate surface area is 130 Å². The molecule has 0 bridgehead atoms. The van der Waals surface area contributed by atoms with E-state index in [9.17, 15) is 9.59 Å². The molecule has 0 aliphatic carbocycles. The van der Waals surface area contributed by atoms with Crippen LogP contribution in [0.15, 0.2) is 24.3 Å². The van der Waals surface area contributed by atoms with Gasteiger partial charge < -0.3 is 19.7 Å². The lowest BCUT2D eigenvalue weighted by Crippen LogP contribution is -2.40. The number of anilines is 1. The highest BCUT2D eigenvalue weighted by Crippen LogP contribution is 2.27. The Balaban J connectivity index is 2.02. The van der Waals surface area contributed by atoms with Crippen LogP contribution in [0.3, 0.4) is 0 Å². The summed E-state index contributed by atoms with van der Waals surface area (Å²) in [6.45, 7) is 2.71. The summed E-state index contributed by atoms with van der Waals surface area (Å²) in [5.74, 6) is 0.195. The molecule has 2 atom stereocenters. The molecule has 6 heteroatoms. The number of amides is 2. The highest BCUT2D eigenvalue weighted by molar-refractivity contribution is 6.00. The number of carbonyl (C=O) groups excluding carboxylic acids is 2. The second kappa shape index (κ2) is 7.26. The van der Waals surface area contributed by atoms with Gasteiger partial charge in [-0.05, 0) is 19.1 Å². The Hall–Kier alpha value is -2.08. The fourth-order valence-electron chi connectivity index (χ4n) is 2.56. The van der Waals surface area contributed by atoms with E-state index in [4.69, 9.17) is 9.47 Å². The van der Waals surface area contributed by atoms with E-state index in [1.165, 1.54) is 0 Å². The van der Waals surface area contributed by atoms with Crippen molar-refractivity contribution in [3.8, 4) is 5.75 Å². The van der Waals surface area contributed by atoms with Crippen molar-refractivity contribution in [1.29, 1.82) is 0 Å². The molecule has 120 valence electrons. The van der Waals surface area contributed by atoms with Crippen LogP contribution < -0.4 is 15.0 Å². The summed E-state index contributed by atoms with van der Waals surface area (Å²) < 4.78 is 10.2. The number of carbonyl (C=O) groups is 2. The van der Waals surface area contributed by atoms with Crippen LogP contribution in [-0.4, -0.2) is 45.2 Å². The lowest BCUT2D eigenvalue weighted by molar-refractivity contribution is -0.127. The molecular weight excluding hydrogens is 284 g/mol. The summed E-state index contributed by atoms with van der Waals surface area (Å²) in [5, 5.41) is 2.87. The van der Waals surface area contributed by atoms with Crippen molar-refractivity contribution in [3.05, 3.63) is 24.3 Å². The molecule has 0 saturated carbocycles. The molecule has 1 aromatic rings. The van der Waals surface area contributed by atoms with Gasteiger partial charge in [0.25, 0.3) is 0 Å². The van der Waals surface area contributed by atoms with Crippen molar-refractivity contribution < 1.29 is 19.1 Å². The Kier molecular flexibility index (Phi) is 5.38. The second-order valence-electron chi connectivity index (χ2n) is 5.47. The quantitative estimate of drug-likeness (QED) is 0.857. The minimum absolute atomic E-state index is 0.0483. The first-order valence-corrected chi connectivity index (χ1v) is 7.29. The van der Waals surface area contributed by atoms with E-state index in [2.05, 4.69) is 5.32 Å². The Morgan fingerprint density at radius 1 is 1.45 bits per heavy atom. The number of hydrogen-bond donors (Lipinski definition) is 1. The van der Waals surface area contributed by atoms with Gasteiger partial charge in [0, 0.05) is 37.9 Å². The standard InChI is InChI=1S/C16H22N2O4/c1-11(10-21-2)17-16(20)12-7-15(19)18(9-12)13-5-4-6-14(8-13)22-3/h4-6,8,11-12H,7,9-10H2,1-3H3,(H,17,20)/t11-,12+/m1/s1. The Morgan fingerprint density at radius 2 is 2.23 bits per heavy atom. The molecule has 0 unspecified atom stereocenters. The topological polar surface area (TPSA) is 67.9 Å². The van der Waals surface area contributed by atoms with Gasteiger partial charge in [0.05, 0.1) is 19.6 Å². The third-order valence-electron chi connectivity index (χ3n) is 3.67. The van der Waals surface area contributed by atoms with Gasteiger partial charge in [-0.3, -0.25) is 9.59 Å². The van der Waals surface area contributed by atoms with E-state index in [-0.39, 0.29) is 30.2 Å². The maximum absolute atomic E-state index is 12.2. The van der Waals surface area contributed by atoms with Crippen LogP contribution in [0.1, 0.15) is 13.3 Å². The Morgan fingerprint density at radius 3 is 2.91 bits per heavy atom. The summed E-state index contributed by atoms with van der Waals surface area (Å²) in [7, 11) is 3.17. The second-order valence-corrected chi connectivity index (χ2v) is 5.47. The van der Waals surface area contributed by atoms with Gasteiger partial charge in [0.1, 0.15) is 5.75 Å². The number of methoxy groups -OCH3 is 2. The first-order chi connectivity index (χ1) is 10.5. The zero-order valence-electron chi connectivity index (χ0n) is 13.2. The van der Waals surface area contributed by atoms with Crippen LogP contribution in [0.25, 0.3) is 0 Å². The lowest BCUT2D eigenvalue weighted by Gasteiger charge is -2.18. The van der Waals surface area contributed by atoms with E-state index in [0.717, 1.165) is 5.69 Å². The fourth-order valence-corrected chi connectivity index (χ4v) is 2.56. The molecule has 1 N–H and O–H groups in total. The van der Waals surface area contributed by atoms with Gasteiger partial charge in [-0.25, -0.2) is 0 Å². The molecule has 2 rings (SSSR count). The molecule has 2 amide bonds. The molecule has 1 aliphatic rings. The molecule has 0 spiro atoms. The normalized spacial score (nSPS) is 19.1. The van der Waals surface area contributed by atoms with Crippen molar-refractivity contribution in [2.45, 2.75) is 19.4 Å². The number of nitrogens with zero attached hydrogens (tertiary/aromatic N) is 1. The molecule has 0 radical (unpaired) electrons. The van der Waals surface area contributed by atoms with Gasteiger partial charge in [-0.15, -0.1) is 0 Å². The summed E-state index contributed by atoms with van der Waals surface area (Å²) in [6.07, 6.45) is 0.225. The highest BCUT2D eigenvalue weighted by Gasteiger charge is 2.35. The minimum Gasteiger partial charge on any atom is -0.497 e. The molecule has 1 aromatic carbocycles. The average Bonchev–Trinajstić information content (AvgIpc) is 2.89. The highest BCUT2D eigenvalue weighted by atomic mass is 16.5. The van der Waals surface area contributed by atoms with Crippen LogP contribution in [0.5, 0.6) is 5.75 Å². The minimum atomic E-state index is -0.335. The van der Waals surface area contributed by atoms with Gasteiger partial charge in [-0.2, -0.15) is 0 Å². The molecule has 22 heavy (non-hydrogen) atoms. The summed E-state index contributed by atoms with van der Waals surface area (Å²) >= 11 is 0. The van der Waals surface area contributed by atoms with E-state index >= 15 is 0 Å². The van der Waals surface area contributed by atoms with Crippen molar-refractivity contribution in [1.82, 2.24) is 5.32 Å². The maximum Gasteiger partial charge on any atom is 0.227 e. The average molecular weight is 306 g/mol. The number of nitrogens with one attached hydrogen (secondary N) is 1. The number of rotatable bonds is 6. The largest absolute Gasteiger partial charge is 0.497 e. The number of hydrogen-bond acceptors (Lipinski definition) is 4. The van der Waals surface area contributed by atoms with E-state index < -0.39 is 0 Å². The van der Waals surface area contributed by atoms with E-state index in [1.807, 2.05) is 25.1 Å². The Bertz CT molecular complexity index is 547. The smallest absolute Gasteiger partial charge is 0.227 e. The van der Waals surface area contributed by atoms with Crippen molar-refractivity contribution in [2.75, 3.05) is 32.3 Å². The van der Waals surface area contributed by atoms with Crippen molar-refractivity contribution >= 4 is 17.5 Å². The summed E-state index contributed by atoms with van der Waals surface area (Å²) in [5.41, 5.74) is 0.754. The van der Waals surface area contributed by atoms with Gasteiger partial charge in [0.15, 0.2) is 0 Å². The van der Waals surface area contributed by atoms with Gasteiger partial charge >= 0.3 is 0 Å². The van der Waals surface area contributed by atoms with Gasteiger partial charge in [-0.1, -0.05) is 6.07 Å². The third kappa shape index (κ3) is 3.76. The SMILES string of the molecule is COC[C@@H](C)NC(=O)[C@H]1CC(=O)N(c2cccc(OC)c2)C1. The van der Waals surface area contributed by atoms with Crippen LogP contribution in [0, 0.1) is 5.92 Å². The van der Waals surface area contributed by atoms with E-state index in [1.54, 1.807) is 25.2 Å². The van der Waals surface area contributed by atoms with Crippen LogP contribution in [-0.2, 0) is 14.3 Å². The molecule has 1 saturated heterocycles. The first-order valence-electron chi connectivity index (χ1n) is 7.29. The van der Waals surface area contributed by atoms with E-state index in [0.29, 0.717) is 18.9 Å². The van der Waals surface area contributed by atoms with Crippen LogP contribution in [0.4, 0.5) is 5.69 Å². The first kappa shape index (κ1) is 16.3. The zero-order chi connectivity index (χ0) is 16.1.